The number of nitrogens with one attached hydrogen (secondary N) is 2. The lowest BCUT2D eigenvalue weighted by Crippen LogP contribution is -2.29. The quantitative estimate of drug-likeness (QED) is 0.117. The van der Waals surface area contributed by atoms with Crippen LogP contribution in [0.5, 0.6) is 17.2 Å². The van der Waals surface area contributed by atoms with Crippen LogP contribution in [0.3, 0.4) is 0 Å². The maximum absolute atomic E-state index is 13.0. The number of hydrogen-bond donors (Lipinski definition) is 4. The zero-order chi connectivity index (χ0) is 28.0. The molecule has 0 fully saturated rings. The highest BCUT2D eigenvalue weighted by Gasteiger charge is 2.36. The Morgan fingerprint density at radius 1 is 1.10 bits per heavy atom. The van der Waals surface area contributed by atoms with Crippen LogP contribution >= 0.6 is 22.6 Å². The van der Waals surface area contributed by atoms with E-state index < -0.39 is 17.6 Å². The Labute approximate surface area is 240 Å². The monoisotopic (exact) mass is 643 g/mol. The lowest BCUT2D eigenvalue weighted by Gasteiger charge is -2.34. The lowest BCUT2D eigenvalue weighted by molar-refractivity contribution is -0.111. The molecular formula is C29H30IN3O6. The fraction of sp³-hybridized carbons (Fsp3) is 0.241. The van der Waals surface area contributed by atoms with E-state index in [-0.39, 0.29) is 18.4 Å². The highest BCUT2D eigenvalue weighted by Crippen LogP contribution is 2.44. The topological polar surface area (TPSA) is 132 Å². The van der Waals surface area contributed by atoms with Gasteiger partial charge in [-0.3, -0.25) is 10.1 Å². The number of aromatic hydroxyl groups is 1. The van der Waals surface area contributed by atoms with Crippen LogP contribution in [0, 0.1) is 8.99 Å². The molecule has 0 radical (unpaired) electrons. The van der Waals surface area contributed by atoms with Crippen molar-refractivity contribution in [2.45, 2.75) is 32.8 Å². The number of carbonyl (C=O) groups excluding carboxylic acids is 2. The molecule has 3 aromatic rings. The third kappa shape index (κ3) is 7.34. The minimum atomic E-state index is -0.785. The van der Waals surface area contributed by atoms with Gasteiger partial charge >= 0.3 is 6.09 Å². The number of hydrogen-bond acceptors (Lipinski definition) is 7. The molecule has 3 aromatic carbocycles. The number of para-hydroxylation sites is 2. The second-order valence-electron chi connectivity index (χ2n) is 9.69. The van der Waals surface area contributed by atoms with Crippen molar-refractivity contribution >= 4 is 51.7 Å². The van der Waals surface area contributed by atoms with Gasteiger partial charge in [0.2, 0.25) is 12.7 Å². The van der Waals surface area contributed by atoms with Crippen LogP contribution in [0.15, 0.2) is 72.8 Å². The molecular weight excluding hydrogens is 613 g/mol. The number of nitrogens with two attached hydrogens (primary N) is 1. The average molecular weight is 643 g/mol. The van der Waals surface area contributed by atoms with Crippen molar-refractivity contribution in [3.63, 3.8) is 0 Å². The first-order chi connectivity index (χ1) is 18.6. The first-order valence-electron chi connectivity index (χ1n) is 12.3. The number of fused-ring (bicyclic) bond motifs is 1. The van der Waals surface area contributed by atoms with Gasteiger partial charge in [-0.25, -0.2) is 4.79 Å². The SMILES string of the molecule is CC(C)(CC/C=C/C(=O)Nc1ccccc1N)[C@@H](OC(=O)Nc1ccc2c(c1)OCO2)c1cc(I)ccc1O. The first-order valence-corrected chi connectivity index (χ1v) is 13.4. The molecule has 0 saturated heterocycles. The number of phenols is 1. The molecule has 0 aliphatic carbocycles. The largest absolute Gasteiger partial charge is 0.508 e. The van der Waals surface area contributed by atoms with Gasteiger partial charge in [0, 0.05) is 26.3 Å². The molecule has 9 nitrogen and oxygen atoms in total. The maximum atomic E-state index is 13.0. The molecule has 0 unspecified atom stereocenters. The van der Waals surface area contributed by atoms with Crippen LogP contribution in [0.2, 0.25) is 0 Å². The highest BCUT2D eigenvalue weighted by atomic mass is 127. The normalized spacial score (nSPS) is 13.2. The Balaban J connectivity index is 1.45. The average Bonchev–Trinajstić information content (AvgIpc) is 3.36. The summed E-state index contributed by atoms with van der Waals surface area (Å²) in [5, 5.41) is 16.1. The Morgan fingerprint density at radius 2 is 1.87 bits per heavy atom. The third-order valence-corrected chi connectivity index (χ3v) is 6.94. The second kappa shape index (κ2) is 12.3. The van der Waals surface area contributed by atoms with Crippen LogP contribution < -0.4 is 25.8 Å². The maximum Gasteiger partial charge on any atom is 0.412 e. The van der Waals surface area contributed by atoms with E-state index >= 15 is 0 Å². The minimum absolute atomic E-state index is 0.0275. The van der Waals surface area contributed by atoms with Crippen molar-refractivity contribution < 1.29 is 28.9 Å². The van der Waals surface area contributed by atoms with Crippen molar-refractivity contribution in [1.82, 2.24) is 0 Å². The molecule has 39 heavy (non-hydrogen) atoms. The van der Waals surface area contributed by atoms with Crippen molar-refractivity contribution in [2.24, 2.45) is 5.41 Å². The van der Waals surface area contributed by atoms with Gasteiger partial charge in [-0.1, -0.05) is 32.1 Å². The summed E-state index contributed by atoms with van der Waals surface area (Å²) in [5.41, 5.74) is 7.28. The molecule has 0 aromatic heterocycles. The molecule has 4 rings (SSSR count). The van der Waals surface area contributed by atoms with E-state index in [1.165, 1.54) is 6.08 Å². The summed E-state index contributed by atoms with van der Waals surface area (Å²) in [6.07, 6.45) is 2.83. The van der Waals surface area contributed by atoms with Gasteiger partial charge in [0.15, 0.2) is 11.5 Å². The van der Waals surface area contributed by atoms with Crippen LogP contribution in [0.25, 0.3) is 0 Å². The summed E-state index contributed by atoms with van der Waals surface area (Å²) >= 11 is 2.15. The van der Waals surface area contributed by atoms with Crippen molar-refractivity contribution in [3.05, 3.63) is 81.9 Å². The molecule has 5 N–H and O–H groups in total. The van der Waals surface area contributed by atoms with Gasteiger partial charge in [0.25, 0.3) is 0 Å². The molecule has 1 atom stereocenters. The molecule has 1 aliphatic rings. The minimum Gasteiger partial charge on any atom is -0.508 e. The van der Waals surface area contributed by atoms with E-state index in [0.717, 1.165) is 3.57 Å². The van der Waals surface area contributed by atoms with Gasteiger partial charge in [-0.2, -0.15) is 0 Å². The van der Waals surface area contributed by atoms with E-state index in [2.05, 4.69) is 33.2 Å². The number of nitrogen functional groups attached to an aromatic ring is 1. The number of rotatable bonds is 9. The number of ether oxygens (including phenoxy) is 3. The number of amides is 2. The van der Waals surface area contributed by atoms with Crippen LogP contribution in [-0.2, 0) is 9.53 Å². The summed E-state index contributed by atoms with van der Waals surface area (Å²) in [6, 6.07) is 17.2. The van der Waals surface area contributed by atoms with Crippen LogP contribution in [-0.4, -0.2) is 23.9 Å². The number of halogens is 1. The first kappa shape index (κ1) is 28.1. The molecule has 0 saturated carbocycles. The lowest BCUT2D eigenvalue weighted by atomic mass is 9.78. The summed E-state index contributed by atoms with van der Waals surface area (Å²) in [7, 11) is 0. The number of anilines is 3. The number of phenolic OH excluding ortho intramolecular Hbond substituents is 1. The predicted octanol–water partition coefficient (Wildman–Crippen LogP) is 6.60. The molecule has 2 amide bonds. The highest BCUT2D eigenvalue weighted by molar-refractivity contribution is 14.1. The fourth-order valence-electron chi connectivity index (χ4n) is 4.17. The summed E-state index contributed by atoms with van der Waals surface area (Å²) < 4.78 is 17.5. The van der Waals surface area contributed by atoms with Gasteiger partial charge < -0.3 is 30.4 Å². The number of benzene rings is 3. The Hall–Kier alpha value is -3.93. The number of carbonyl (C=O) groups is 2. The standard InChI is InChI=1S/C29H30IN3O6/c1-29(2,14-6-5-9-26(35)33-22-8-4-3-7-21(22)31)27(20-15-18(30)10-12-23(20)34)39-28(36)32-19-11-13-24-25(16-19)38-17-37-24/h3-5,7-13,15-16,27,34H,6,14,17,31H2,1-2H3,(H,32,36)(H,33,35)/b9-5+/t27-/m0/s1. The molecule has 0 spiro atoms. The summed E-state index contributed by atoms with van der Waals surface area (Å²) in [5.74, 6) is 0.869. The van der Waals surface area contributed by atoms with Crippen molar-refractivity contribution in [1.29, 1.82) is 0 Å². The number of allylic oxidation sites excluding steroid dienone is 1. The van der Waals surface area contributed by atoms with E-state index in [0.29, 0.717) is 47.0 Å². The smallest absolute Gasteiger partial charge is 0.412 e. The zero-order valence-corrected chi connectivity index (χ0v) is 23.7. The predicted molar refractivity (Wildman–Crippen MR) is 158 cm³/mol. The molecule has 1 aliphatic heterocycles. The molecule has 10 heteroatoms. The molecule has 204 valence electrons. The Kier molecular flexibility index (Phi) is 8.85. The van der Waals surface area contributed by atoms with Gasteiger partial charge in [-0.05, 0) is 84.0 Å². The van der Waals surface area contributed by atoms with Crippen LogP contribution in [0.1, 0.15) is 38.4 Å². The van der Waals surface area contributed by atoms with Gasteiger partial charge in [-0.15, -0.1) is 0 Å². The summed E-state index contributed by atoms with van der Waals surface area (Å²) in [6.45, 7) is 4.02. The van der Waals surface area contributed by atoms with Gasteiger partial charge in [0.1, 0.15) is 11.9 Å². The Morgan fingerprint density at radius 3 is 2.67 bits per heavy atom. The van der Waals surface area contributed by atoms with Gasteiger partial charge in [0.05, 0.1) is 11.4 Å². The third-order valence-electron chi connectivity index (χ3n) is 6.27. The van der Waals surface area contributed by atoms with E-state index in [9.17, 15) is 14.7 Å². The molecule has 0 bridgehead atoms. The zero-order valence-electron chi connectivity index (χ0n) is 21.6. The van der Waals surface area contributed by atoms with Crippen molar-refractivity contribution in [3.8, 4) is 17.2 Å². The van der Waals surface area contributed by atoms with E-state index in [1.54, 1.807) is 66.7 Å². The van der Waals surface area contributed by atoms with Crippen LogP contribution in [0.4, 0.5) is 21.9 Å². The van der Waals surface area contributed by atoms with E-state index in [4.69, 9.17) is 19.9 Å². The Bertz CT molecular complexity index is 1390. The fourth-order valence-corrected chi connectivity index (χ4v) is 4.69. The molecule has 1 heterocycles. The van der Waals surface area contributed by atoms with Crippen molar-refractivity contribution in [2.75, 3.05) is 23.2 Å². The van der Waals surface area contributed by atoms with E-state index in [1.807, 2.05) is 13.8 Å². The summed E-state index contributed by atoms with van der Waals surface area (Å²) in [4.78, 5) is 25.3. The second-order valence-corrected chi connectivity index (χ2v) is 10.9.